The van der Waals surface area contributed by atoms with E-state index in [1.54, 1.807) is 0 Å². The van der Waals surface area contributed by atoms with Gasteiger partial charge in [-0.3, -0.25) is 9.69 Å². The molecule has 1 atom stereocenters. The van der Waals surface area contributed by atoms with Crippen molar-refractivity contribution in [2.24, 2.45) is 5.92 Å². The van der Waals surface area contributed by atoms with Crippen LogP contribution in [0.2, 0.25) is 0 Å². The second-order valence-corrected chi connectivity index (χ2v) is 7.65. The Bertz CT molecular complexity index is 725. The maximum Gasteiger partial charge on any atom is 0.238 e. The van der Waals surface area contributed by atoms with Crippen LogP contribution in [0.4, 0.5) is 5.69 Å². The highest BCUT2D eigenvalue weighted by atomic mass is 16.5. The molecule has 5 heteroatoms. The molecule has 2 aromatic rings. The van der Waals surface area contributed by atoms with Gasteiger partial charge in [-0.1, -0.05) is 56.3 Å². The summed E-state index contributed by atoms with van der Waals surface area (Å²) in [5.41, 5.74) is 3.29. The van der Waals surface area contributed by atoms with Gasteiger partial charge in [-0.15, -0.1) is 0 Å². The minimum absolute atomic E-state index is 0.0255. The van der Waals surface area contributed by atoms with E-state index in [1.807, 2.05) is 30.3 Å². The number of hydrogen-bond donors (Lipinski definition) is 2. The quantitative estimate of drug-likeness (QED) is 0.735. The van der Waals surface area contributed by atoms with Crippen LogP contribution in [0, 0.1) is 5.92 Å². The third kappa shape index (κ3) is 6.16. The first-order valence-corrected chi connectivity index (χ1v) is 10.1. The number of carbonyl (C=O) groups is 1. The molecule has 0 saturated carbocycles. The number of anilines is 1. The summed E-state index contributed by atoms with van der Waals surface area (Å²) >= 11 is 0. The van der Waals surface area contributed by atoms with Gasteiger partial charge in [0.25, 0.3) is 0 Å². The fourth-order valence-corrected chi connectivity index (χ4v) is 3.52. The van der Waals surface area contributed by atoms with Crippen LogP contribution in [-0.2, 0) is 16.1 Å². The molecule has 1 fully saturated rings. The van der Waals surface area contributed by atoms with E-state index in [0.29, 0.717) is 5.92 Å². The van der Waals surface area contributed by atoms with Gasteiger partial charge in [0.15, 0.2) is 0 Å². The fourth-order valence-electron chi connectivity index (χ4n) is 3.52. The molecular formula is C23H31N3O2. The van der Waals surface area contributed by atoms with E-state index in [9.17, 15) is 4.79 Å². The zero-order valence-corrected chi connectivity index (χ0v) is 16.9. The summed E-state index contributed by atoms with van der Waals surface area (Å²) in [6.07, 6.45) is 0. The van der Waals surface area contributed by atoms with E-state index in [2.05, 4.69) is 53.6 Å². The Labute approximate surface area is 168 Å². The molecule has 5 nitrogen and oxygen atoms in total. The van der Waals surface area contributed by atoms with Crippen molar-refractivity contribution in [3.8, 4) is 0 Å². The Balaban J connectivity index is 1.48. The van der Waals surface area contributed by atoms with Gasteiger partial charge in [0.1, 0.15) is 0 Å². The number of nitrogens with one attached hydrogen (secondary N) is 2. The molecule has 1 saturated heterocycles. The number of amides is 1. The lowest BCUT2D eigenvalue weighted by Crippen LogP contribution is -2.35. The van der Waals surface area contributed by atoms with Crippen molar-refractivity contribution in [1.82, 2.24) is 10.2 Å². The molecule has 3 rings (SSSR count). The van der Waals surface area contributed by atoms with E-state index in [4.69, 9.17) is 4.74 Å². The van der Waals surface area contributed by atoms with E-state index in [1.165, 1.54) is 11.1 Å². The second-order valence-electron chi connectivity index (χ2n) is 7.65. The Morgan fingerprint density at radius 2 is 1.71 bits per heavy atom. The maximum absolute atomic E-state index is 12.4. The summed E-state index contributed by atoms with van der Waals surface area (Å²) in [6, 6.07) is 18.6. The van der Waals surface area contributed by atoms with Crippen LogP contribution >= 0.6 is 0 Å². The smallest absolute Gasteiger partial charge is 0.238 e. The molecule has 0 aromatic heterocycles. The predicted molar refractivity (Wildman–Crippen MR) is 113 cm³/mol. The number of rotatable bonds is 8. The fraction of sp³-hybridized carbons (Fsp3) is 0.435. The number of morpholine rings is 1. The Morgan fingerprint density at radius 3 is 2.36 bits per heavy atom. The Kier molecular flexibility index (Phi) is 7.60. The summed E-state index contributed by atoms with van der Waals surface area (Å²) in [7, 11) is 0. The van der Waals surface area contributed by atoms with E-state index >= 15 is 0 Å². The molecule has 0 spiro atoms. The topological polar surface area (TPSA) is 53.6 Å². The minimum atomic E-state index is -0.0255. The Hall–Kier alpha value is -2.21. The number of carbonyl (C=O) groups excluding carboxylic acids is 1. The maximum atomic E-state index is 12.4. The monoisotopic (exact) mass is 381 g/mol. The van der Waals surface area contributed by atoms with Gasteiger partial charge in [-0.05, 0) is 29.2 Å². The van der Waals surface area contributed by atoms with Gasteiger partial charge < -0.3 is 15.4 Å². The molecule has 0 bridgehead atoms. The van der Waals surface area contributed by atoms with E-state index in [0.717, 1.165) is 38.5 Å². The molecule has 2 aromatic carbocycles. The number of nitrogens with zero attached hydrogens (tertiary/aromatic N) is 1. The molecule has 1 aliphatic heterocycles. The van der Waals surface area contributed by atoms with Gasteiger partial charge in [0, 0.05) is 31.4 Å². The molecule has 1 heterocycles. The van der Waals surface area contributed by atoms with Crippen LogP contribution in [0.1, 0.15) is 31.0 Å². The summed E-state index contributed by atoms with van der Waals surface area (Å²) < 4.78 is 5.39. The van der Waals surface area contributed by atoms with Crippen LogP contribution in [0.5, 0.6) is 0 Å². The van der Waals surface area contributed by atoms with Crippen LogP contribution in [0.25, 0.3) is 0 Å². The average Bonchev–Trinajstić information content (AvgIpc) is 2.71. The SMILES string of the molecule is CC(C)[C@H](NCC(=O)Nc1ccc(CN2CCOCC2)cc1)c1ccccc1. The first-order valence-electron chi connectivity index (χ1n) is 10.1. The summed E-state index contributed by atoms with van der Waals surface area (Å²) in [6.45, 7) is 9.10. The van der Waals surface area contributed by atoms with Crippen molar-refractivity contribution in [3.63, 3.8) is 0 Å². The van der Waals surface area contributed by atoms with Gasteiger partial charge in [0.05, 0.1) is 19.8 Å². The molecule has 0 unspecified atom stereocenters. The van der Waals surface area contributed by atoms with Gasteiger partial charge in [-0.25, -0.2) is 0 Å². The van der Waals surface area contributed by atoms with Gasteiger partial charge in [0.2, 0.25) is 5.91 Å². The van der Waals surface area contributed by atoms with Crippen molar-refractivity contribution < 1.29 is 9.53 Å². The molecule has 150 valence electrons. The standard InChI is InChI=1S/C23H31N3O2/c1-18(2)23(20-6-4-3-5-7-20)24-16-22(27)25-21-10-8-19(9-11-21)17-26-12-14-28-15-13-26/h3-11,18,23-24H,12-17H2,1-2H3,(H,25,27)/t23-/m0/s1. The lowest BCUT2D eigenvalue weighted by atomic mass is 9.96. The zero-order chi connectivity index (χ0) is 19.8. The lowest BCUT2D eigenvalue weighted by molar-refractivity contribution is -0.115. The first-order chi connectivity index (χ1) is 13.6. The number of ether oxygens (including phenoxy) is 1. The van der Waals surface area contributed by atoms with Gasteiger partial charge >= 0.3 is 0 Å². The molecule has 28 heavy (non-hydrogen) atoms. The highest BCUT2D eigenvalue weighted by molar-refractivity contribution is 5.92. The van der Waals surface area contributed by atoms with Crippen molar-refractivity contribution in [3.05, 3.63) is 65.7 Å². The second kappa shape index (κ2) is 10.4. The molecule has 1 amide bonds. The lowest BCUT2D eigenvalue weighted by Gasteiger charge is -2.26. The third-order valence-corrected chi connectivity index (χ3v) is 5.06. The molecule has 1 aliphatic rings. The van der Waals surface area contributed by atoms with E-state index < -0.39 is 0 Å². The van der Waals surface area contributed by atoms with Crippen molar-refractivity contribution >= 4 is 11.6 Å². The van der Waals surface area contributed by atoms with Crippen LogP contribution in [-0.4, -0.2) is 43.7 Å². The van der Waals surface area contributed by atoms with Crippen molar-refractivity contribution in [1.29, 1.82) is 0 Å². The van der Waals surface area contributed by atoms with Crippen LogP contribution in [0.3, 0.4) is 0 Å². The minimum Gasteiger partial charge on any atom is -0.379 e. The zero-order valence-electron chi connectivity index (χ0n) is 16.9. The third-order valence-electron chi connectivity index (χ3n) is 5.06. The van der Waals surface area contributed by atoms with Crippen molar-refractivity contribution in [2.75, 3.05) is 38.2 Å². The Morgan fingerprint density at radius 1 is 1.04 bits per heavy atom. The normalized spacial score (nSPS) is 16.1. The number of hydrogen-bond acceptors (Lipinski definition) is 4. The number of benzene rings is 2. The van der Waals surface area contributed by atoms with Crippen molar-refractivity contribution in [2.45, 2.75) is 26.4 Å². The average molecular weight is 382 g/mol. The molecule has 0 radical (unpaired) electrons. The van der Waals surface area contributed by atoms with Crippen LogP contribution in [0.15, 0.2) is 54.6 Å². The molecule has 0 aliphatic carbocycles. The van der Waals surface area contributed by atoms with E-state index in [-0.39, 0.29) is 18.5 Å². The van der Waals surface area contributed by atoms with Crippen LogP contribution < -0.4 is 10.6 Å². The summed E-state index contributed by atoms with van der Waals surface area (Å²) in [4.78, 5) is 14.8. The van der Waals surface area contributed by atoms with Gasteiger partial charge in [-0.2, -0.15) is 0 Å². The first kappa shape index (κ1) is 20.5. The molecular weight excluding hydrogens is 350 g/mol. The highest BCUT2D eigenvalue weighted by Gasteiger charge is 2.16. The molecule has 2 N–H and O–H groups in total. The summed E-state index contributed by atoms with van der Waals surface area (Å²) in [5, 5.41) is 6.37. The summed E-state index contributed by atoms with van der Waals surface area (Å²) in [5.74, 6) is 0.372. The largest absolute Gasteiger partial charge is 0.379 e. The predicted octanol–water partition coefficient (Wildman–Crippen LogP) is 3.44. The highest BCUT2D eigenvalue weighted by Crippen LogP contribution is 2.21.